The van der Waals surface area contributed by atoms with Gasteiger partial charge in [0.15, 0.2) is 0 Å². The van der Waals surface area contributed by atoms with E-state index in [0.717, 1.165) is 22.4 Å². The molecule has 1 unspecified atom stereocenters. The number of hydrogen-bond acceptors (Lipinski definition) is 3. The molecular weight excluding hydrogens is 390 g/mol. The average molecular weight is 414 g/mol. The molecule has 1 saturated heterocycles. The highest BCUT2D eigenvalue weighted by Crippen LogP contribution is 2.31. The third-order valence-corrected chi connectivity index (χ3v) is 5.62. The molecule has 0 saturated carbocycles. The zero-order valence-corrected chi connectivity index (χ0v) is 17.5. The van der Waals surface area contributed by atoms with Gasteiger partial charge in [-0.25, -0.2) is 4.79 Å². The summed E-state index contributed by atoms with van der Waals surface area (Å²) in [7, 11) is 0. The summed E-state index contributed by atoms with van der Waals surface area (Å²) >= 11 is 6.28. The number of rotatable bonds is 6. The van der Waals surface area contributed by atoms with Crippen molar-refractivity contribution >= 4 is 35.1 Å². The van der Waals surface area contributed by atoms with Crippen LogP contribution in [0.1, 0.15) is 37.5 Å². The Morgan fingerprint density at radius 2 is 1.79 bits per heavy atom. The first-order chi connectivity index (χ1) is 13.8. The molecule has 2 aromatic carbocycles. The van der Waals surface area contributed by atoms with E-state index in [1.54, 1.807) is 31.2 Å². The zero-order valence-electron chi connectivity index (χ0n) is 16.7. The molecule has 1 aliphatic heterocycles. The standard InChI is InChI=1S/C22H24ClN3O3/c1-4-14-11-12-17(23)16(5-2)19(14)24-18(27)13-26-20(28)22(3,25-21(26)29)15-9-7-6-8-10-15/h6-12H,4-5,13H2,1-3H3,(H,24,27)(H,25,29). The third-order valence-electron chi connectivity index (χ3n) is 5.27. The lowest BCUT2D eigenvalue weighted by Gasteiger charge is -2.22. The number of carbonyl (C=O) groups is 3. The molecule has 29 heavy (non-hydrogen) atoms. The van der Waals surface area contributed by atoms with Gasteiger partial charge in [-0.2, -0.15) is 0 Å². The molecule has 1 aliphatic rings. The number of halogens is 1. The second-order valence-corrected chi connectivity index (χ2v) is 7.54. The summed E-state index contributed by atoms with van der Waals surface area (Å²) in [6.45, 7) is 5.22. The number of amides is 4. The van der Waals surface area contributed by atoms with Gasteiger partial charge in [0, 0.05) is 10.7 Å². The molecule has 2 aromatic rings. The highest BCUT2D eigenvalue weighted by Gasteiger charge is 2.49. The fourth-order valence-corrected chi connectivity index (χ4v) is 3.89. The third kappa shape index (κ3) is 3.85. The quantitative estimate of drug-likeness (QED) is 0.705. The Labute approximate surface area is 175 Å². The van der Waals surface area contributed by atoms with Gasteiger partial charge in [-0.3, -0.25) is 14.5 Å². The highest BCUT2D eigenvalue weighted by molar-refractivity contribution is 6.32. The lowest BCUT2D eigenvalue weighted by atomic mass is 9.92. The Kier molecular flexibility index (Phi) is 5.94. The van der Waals surface area contributed by atoms with E-state index < -0.39 is 23.4 Å². The molecule has 0 spiro atoms. The summed E-state index contributed by atoms with van der Waals surface area (Å²) in [5, 5.41) is 6.14. The molecule has 6 nitrogen and oxygen atoms in total. The van der Waals surface area contributed by atoms with Gasteiger partial charge in [-0.05, 0) is 42.5 Å². The molecule has 3 rings (SSSR count). The van der Waals surface area contributed by atoms with E-state index >= 15 is 0 Å². The van der Waals surface area contributed by atoms with Crippen LogP contribution in [0.3, 0.4) is 0 Å². The lowest BCUT2D eigenvalue weighted by Crippen LogP contribution is -2.42. The molecule has 0 bridgehead atoms. The number of benzene rings is 2. The molecule has 0 aromatic heterocycles. The summed E-state index contributed by atoms with van der Waals surface area (Å²) in [5.74, 6) is -0.904. The minimum absolute atomic E-state index is 0.369. The summed E-state index contributed by atoms with van der Waals surface area (Å²) in [6, 6.07) is 12.1. The summed E-state index contributed by atoms with van der Waals surface area (Å²) in [6.07, 6.45) is 1.37. The van der Waals surface area contributed by atoms with Crippen LogP contribution < -0.4 is 10.6 Å². The summed E-state index contributed by atoms with van der Waals surface area (Å²) in [5.41, 5.74) is 1.91. The van der Waals surface area contributed by atoms with E-state index in [4.69, 9.17) is 11.6 Å². The SMILES string of the molecule is CCc1ccc(Cl)c(CC)c1NC(=O)CN1C(=O)NC(C)(c2ccccc2)C1=O. The Balaban J connectivity index is 1.81. The average Bonchev–Trinajstić information content (AvgIpc) is 2.93. The number of carbonyl (C=O) groups excluding carboxylic acids is 3. The van der Waals surface area contributed by atoms with Crippen LogP contribution >= 0.6 is 11.6 Å². The van der Waals surface area contributed by atoms with Crippen LogP contribution in [0.25, 0.3) is 0 Å². The number of nitrogens with one attached hydrogen (secondary N) is 2. The normalized spacial score (nSPS) is 18.7. The van der Waals surface area contributed by atoms with E-state index in [1.807, 2.05) is 32.0 Å². The van der Waals surface area contributed by atoms with Crippen molar-refractivity contribution in [3.8, 4) is 0 Å². The van der Waals surface area contributed by atoms with Gasteiger partial charge in [-0.1, -0.05) is 61.8 Å². The molecule has 152 valence electrons. The van der Waals surface area contributed by atoms with Gasteiger partial charge in [0.2, 0.25) is 5.91 Å². The Bertz CT molecular complexity index is 961. The van der Waals surface area contributed by atoms with Crippen LogP contribution in [0.2, 0.25) is 5.02 Å². The first-order valence-corrected chi connectivity index (χ1v) is 9.99. The molecule has 0 radical (unpaired) electrons. The van der Waals surface area contributed by atoms with E-state index in [1.165, 1.54) is 0 Å². The maximum absolute atomic E-state index is 13.0. The largest absolute Gasteiger partial charge is 0.325 e. The van der Waals surface area contributed by atoms with Crippen LogP contribution in [0.5, 0.6) is 0 Å². The van der Waals surface area contributed by atoms with Crippen LogP contribution in [-0.4, -0.2) is 29.3 Å². The summed E-state index contributed by atoms with van der Waals surface area (Å²) in [4.78, 5) is 39.1. The van der Waals surface area contributed by atoms with Crippen molar-refractivity contribution in [1.29, 1.82) is 0 Å². The van der Waals surface area contributed by atoms with E-state index in [9.17, 15) is 14.4 Å². The predicted molar refractivity (Wildman–Crippen MR) is 113 cm³/mol. The van der Waals surface area contributed by atoms with Crippen molar-refractivity contribution < 1.29 is 14.4 Å². The number of anilines is 1. The first-order valence-electron chi connectivity index (χ1n) is 9.61. The highest BCUT2D eigenvalue weighted by atomic mass is 35.5. The van der Waals surface area contributed by atoms with E-state index in [2.05, 4.69) is 10.6 Å². The molecule has 7 heteroatoms. The monoisotopic (exact) mass is 413 g/mol. The number of nitrogens with zero attached hydrogens (tertiary/aromatic N) is 1. The van der Waals surface area contributed by atoms with Crippen LogP contribution in [0.4, 0.5) is 10.5 Å². The molecular formula is C22H24ClN3O3. The van der Waals surface area contributed by atoms with Gasteiger partial charge < -0.3 is 10.6 Å². The fraction of sp³-hybridized carbons (Fsp3) is 0.318. The van der Waals surface area contributed by atoms with Gasteiger partial charge in [-0.15, -0.1) is 0 Å². The number of imide groups is 1. The van der Waals surface area contributed by atoms with Gasteiger partial charge in [0.25, 0.3) is 5.91 Å². The lowest BCUT2D eigenvalue weighted by molar-refractivity contribution is -0.133. The second kappa shape index (κ2) is 8.25. The maximum atomic E-state index is 13.0. The fourth-order valence-electron chi connectivity index (χ4n) is 3.60. The Hall–Kier alpha value is -2.86. The van der Waals surface area contributed by atoms with Crippen LogP contribution in [-0.2, 0) is 28.0 Å². The second-order valence-electron chi connectivity index (χ2n) is 7.13. The van der Waals surface area contributed by atoms with Gasteiger partial charge in [0.05, 0.1) is 0 Å². The zero-order chi connectivity index (χ0) is 21.2. The van der Waals surface area contributed by atoms with E-state index in [-0.39, 0.29) is 6.54 Å². The van der Waals surface area contributed by atoms with Crippen LogP contribution in [0.15, 0.2) is 42.5 Å². The van der Waals surface area contributed by atoms with E-state index in [0.29, 0.717) is 22.7 Å². The van der Waals surface area contributed by atoms with Crippen molar-refractivity contribution in [2.75, 3.05) is 11.9 Å². The molecule has 1 atom stereocenters. The van der Waals surface area contributed by atoms with Crippen molar-refractivity contribution in [2.45, 2.75) is 39.2 Å². The predicted octanol–water partition coefficient (Wildman–Crippen LogP) is 3.87. The Morgan fingerprint density at radius 3 is 2.41 bits per heavy atom. The van der Waals surface area contributed by atoms with Crippen molar-refractivity contribution in [3.05, 3.63) is 64.2 Å². The molecule has 2 N–H and O–H groups in total. The van der Waals surface area contributed by atoms with Crippen molar-refractivity contribution in [2.24, 2.45) is 0 Å². The topological polar surface area (TPSA) is 78.5 Å². The van der Waals surface area contributed by atoms with Crippen LogP contribution in [0, 0.1) is 0 Å². The smallest absolute Gasteiger partial charge is 0.324 e. The number of aryl methyl sites for hydroxylation is 1. The minimum atomic E-state index is -1.20. The maximum Gasteiger partial charge on any atom is 0.325 e. The first kappa shape index (κ1) is 20.9. The molecule has 1 fully saturated rings. The van der Waals surface area contributed by atoms with Gasteiger partial charge in [0.1, 0.15) is 12.1 Å². The van der Waals surface area contributed by atoms with Crippen molar-refractivity contribution in [1.82, 2.24) is 10.2 Å². The molecule has 0 aliphatic carbocycles. The number of urea groups is 1. The van der Waals surface area contributed by atoms with Crippen molar-refractivity contribution in [3.63, 3.8) is 0 Å². The number of hydrogen-bond donors (Lipinski definition) is 2. The Morgan fingerprint density at radius 1 is 1.10 bits per heavy atom. The molecule has 1 heterocycles. The molecule has 4 amide bonds. The summed E-state index contributed by atoms with van der Waals surface area (Å²) < 4.78 is 0. The van der Waals surface area contributed by atoms with Gasteiger partial charge >= 0.3 is 6.03 Å². The minimum Gasteiger partial charge on any atom is -0.324 e.